The van der Waals surface area contributed by atoms with Crippen molar-refractivity contribution in [3.8, 4) is 0 Å². The first-order valence-electron chi connectivity index (χ1n) is 11.2. The van der Waals surface area contributed by atoms with Gasteiger partial charge < -0.3 is 21.3 Å². The van der Waals surface area contributed by atoms with E-state index in [-0.39, 0.29) is 23.4 Å². The molecule has 0 unspecified atom stereocenters. The molecule has 1 heterocycles. The van der Waals surface area contributed by atoms with Gasteiger partial charge in [0.15, 0.2) is 0 Å². The number of hydrogen-bond acceptors (Lipinski definition) is 4. The number of carbonyl (C=O) groups is 2. The molecule has 180 valence electrons. The fourth-order valence-corrected chi connectivity index (χ4v) is 4.23. The molecule has 1 aliphatic rings. The number of anilines is 3. The number of rotatable bonds is 6. The fraction of sp³-hybridized carbons (Fsp3) is 0.185. The van der Waals surface area contributed by atoms with Crippen molar-refractivity contribution in [3.63, 3.8) is 0 Å². The Kier molecular flexibility index (Phi) is 7.22. The molecule has 4 N–H and O–H groups in total. The van der Waals surface area contributed by atoms with E-state index in [1.807, 2.05) is 36.2 Å². The molecule has 2 atom stereocenters. The topological polar surface area (TPSA) is 87.5 Å². The summed E-state index contributed by atoms with van der Waals surface area (Å²) >= 11 is 0. The van der Waals surface area contributed by atoms with E-state index >= 15 is 0 Å². The van der Waals surface area contributed by atoms with Crippen molar-refractivity contribution in [3.05, 3.63) is 95.6 Å². The standard InChI is InChI=1S/C27H26F2N4O2/c1-33-15-20(21(16-33)27(35)32-24-12-11-19(28)14-22(24)29)18-9-6-17(7-10-18)8-13-26(34)31-25-5-3-2-4-23(25)30/h2-14,20-21H,15-16,30H2,1H3,(H,31,34)(H,32,35)/b13-8+/t20-,21+/m1/s1. The molecule has 1 aliphatic heterocycles. The van der Waals surface area contributed by atoms with Crippen LogP contribution in [0.5, 0.6) is 0 Å². The van der Waals surface area contributed by atoms with E-state index in [4.69, 9.17) is 5.73 Å². The monoisotopic (exact) mass is 476 g/mol. The molecule has 0 radical (unpaired) electrons. The summed E-state index contributed by atoms with van der Waals surface area (Å²) in [6.07, 6.45) is 3.12. The Hall–Kier alpha value is -4.04. The molecule has 1 saturated heterocycles. The Bertz CT molecular complexity index is 1260. The molecule has 0 spiro atoms. The number of amides is 2. The van der Waals surface area contributed by atoms with Crippen LogP contribution < -0.4 is 16.4 Å². The first-order chi connectivity index (χ1) is 16.8. The second kappa shape index (κ2) is 10.5. The number of likely N-dealkylation sites (N-methyl/N-ethyl adjacent to an activating group) is 1. The van der Waals surface area contributed by atoms with Crippen LogP contribution >= 0.6 is 0 Å². The van der Waals surface area contributed by atoms with Crippen molar-refractivity contribution in [2.45, 2.75) is 5.92 Å². The van der Waals surface area contributed by atoms with E-state index in [1.165, 1.54) is 12.1 Å². The van der Waals surface area contributed by atoms with Crippen LogP contribution in [0, 0.1) is 17.6 Å². The number of halogens is 2. The van der Waals surface area contributed by atoms with Gasteiger partial charge in [-0.15, -0.1) is 0 Å². The SMILES string of the molecule is CN1C[C@H](C(=O)Nc2ccc(F)cc2F)[C@@H](c2ccc(/C=C/C(=O)Nc3ccccc3N)cc2)C1. The van der Waals surface area contributed by atoms with Crippen LogP contribution in [0.3, 0.4) is 0 Å². The third-order valence-electron chi connectivity index (χ3n) is 6.04. The maximum atomic E-state index is 14.0. The summed E-state index contributed by atoms with van der Waals surface area (Å²) in [6.45, 7) is 1.18. The minimum absolute atomic E-state index is 0.0410. The van der Waals surface area contributed by atoms with E-state index in [0.717, 1.165) is 23.3 Å². The third-order valence-corrected chi connectivity index (χ3v) is 6.04. The van der Waals surface area contributed by atoms with Gasteiger partial charge in [-0.05, 0) is 48.5 Å². The zero-order chi connectivity index (χ0) is 24.9. The highest BCUT2D eigenvalue weighted by Crippen LogP contribution is 2.33. The number of para-hydroxylation sites is 2. The van der Waals surface area contributed by atoms with Crippen LogP contribution in [-0.4, -0.2) is 36.9 Å². The zero-order valence-corrected chi connectivity index (χ0v) is 19.2. The summed E-state index contributed by atoms with van der Waals surface area (Å²) in [7, 11) is 1.92. The van der Waals surface area contributed by atoms with Gasteiger partial charge in [-0.1, -0.05) is 36.4 Å². The van der Waals surface area contributed by atoms with Crippen LogP contribution in [0.4, 0.5) is 25.8 Å². The van der Waals surface area contributed by atoms with Gasteiger partial charge in [0.05, 0.1) is 23.0 Å². The lowest BCUT2D eigenvalue weighted by molar-refractivity contribution is -0.120. The molecular weight excluding hydrogens is 450 g/mol. The second-order valence-corrected chi connectivity index (χ2v) is 8.62. The minimum Gasteiger partial charge on any atom is -0.397 e. The molecule has 0 aliphatic carbocycles. The van der Waals surface area contributed by atoms with E-state index in [9.17, 15) is 18.4 Å². The Balaban J connectivity index is 1.42. The molecule has 2 amide bonds. The average molecular weight is 477 g/mol. The zero-order valence-electron chi connectivity index (χ0n) is 19.2. The summed E-state index contributed by atoms with van der Waals surface area (Å²) in [4.78, 5) is 27.2. The van der Waals surface area contributed by atoms with Crippen LogP contribution in [0.2, 0.25) is 0 Å². The second-order valence-electron chi connectivity index (χ2n) is 8.62. The molecule has 8 heteroatoms. The average Bonchev–Trinajstić information content (AvgIpc) is 3.23. The highest BCUT2D eigenvalue weighted by atomic mass is 19.1. The fourth-order valence-electron chi connectivity index (χ4n) is 4.23. The number of carbonyl (C=O) groups excluding carboxylic acids is 2. The summed E-state index contributed by atoms with van der Waals surface area (Å²) in [5, 5.41) is 5.33. The Morgan fingerprint density at radius 1 is 0.971 bits per heavy atom. The van der Waals surface area contributed by atoms with Crippen LogP contribution in [0.1, 0.15) is 17.0 Å². The lowest BCUT2D eigenvalue weighted by Crippen LogP contribution is -2.28. The number of nitrogen functional groups attached to an aromatic ring is 1. The van der Waals surface area contributed by atoms with Crippen LogP contribution in [-0.2, 0) is 9.59 Å². The summed E-state index contributed by atoms with van der Waals surface area (Å²) in [6, 6.07) is 17.7. The van der Waals surface area contributed by atoms with Crippen molar-refractivity contribution in [1.29, 1.82) is 0 Å². The Morgan fingerprint density at radius 2 is 1.71 bits per heavy atom. The molecule has 3 aromatic carbocycles. The van der Waals surface area contributed by atoms with Crippen molar-refractivity contribution in [2.24, 2.45) is 5.92 Å². The van der Waals surface area contributed by atoms with Crippen LogP contribution in [0.25, 0.3) is 6.08 Å². The number of nitrogens with two attached hydrogens (primary N) is 1. The normalized spacial score (nSPS) is 18.0. The van der Waals surface area contributed by atoms with Gasteiger partial charge in [0.25, 0.3) is 0 Å². The molecule has 4 rings (SSSR count). The molecule has 0 saturated carbocycles. The first kappa shape index (κ1) is 24.1. The highest BCUT2D eigenvalue weighted by Gasteiger charge is 2.37. The number of hydrogen-bond donors (Lipinski definition) is 3. The van der Waals surface area contributed by atoms with Crippen molar-refractivity contribution in [2.75, 3.05) is 36.5 Å². The maximum Gasteiger partial charge on any atom is 0.248 e. The molecular formula is C27H26F2N4O2. The molecule has 6 nitrogen and oxygen atoms in total. The number of nitrogens with zero attached hydrogens (tertiary/aromatic N) is 1. The van der Waals surface area contributed by atoms with Crippen molar-refractivity contribution < 1.29 is 18.4 Å². The minimum atomic E-state index is -0.809. The summed E-state index contributed by atoms with van der Waals surface area (Å²) in [5.41, 5.74) is 8.63. The number of nitrogens with one attached hydrogen (secondary N) is 2. The van der Waals surface area contributed by atoms with Gasteiger partial charge in [0, 0.05) is 31.1 Å². The van der Waals surface area contributed by atoms with Gasteiger partial charge >= 0.3 is 0 Å². The molecule has 1 fully saturated rings. The predicted octanol–water partition coefficient (Wildman–Crippen LogP) is 4.48. The lowest BCUT2D eigenvalue weighted by atomic mass is 9.88. The third kappa shape index (κ3) is 5.91. The van der Waals surface area contributed by atoms with E-state index in [1.54, 1.807) is 30.3 Å². The quantitative estimate of drug-likeness (QED) is 0.362. The van der Waals surface area contributed by atoms with Gasteiger partial charge in [0.2, 0.25) is 11.8 Å². The lowest BCUT2D eigenvalue weighted by Gasteiger charge is -2.19. The number of benzene rings is 3. The molecule has 3 aromatic rings. The van der Waals surface area contributed by atoms with E-state index in [0.29, 0.717) is 24.5 Å². The Labute approximate surface area is 202 Å². The van der Waals surface area contributed by atoms with E-state index in [2.05, 4.69) is 10.6 Å². The summed E-state index contributed by atoms with van der Waals surface area (Å²) in [5.74, 6) is -2.61. The summed E-state index contributed by atoms with van der Waals surface area (Å²) < 4.78 is 27.2. The van der Waals surface area contributed by atoms with Crippen LogP contribution in [0.15, 0.2) is 72.8 Å². The molecule has 0 bridgehead atoms. The van der Waals surface area contributed by atoms with Crippen molar-refractivity contribution >= 4 is 35.0 Å². The Morgan fingerprint density at radius 3 is 2.43 bits per heavy atom. The first-order valence-corrected chi connectivity index (χ1v) is 11.2. The number of likely N-dealkylation sites (tertiary alicyclic amines) is 1. The van der Waals surface area contributed by atoms with Gasteiger partial charge in [-0.3, -0.25) is 9.59 Å². The maximum absolute atomic E-state index is 14.0. The van der Waals surface area contributed by atoms with E-state index < -0.39 is 17.6 Å². The van der Waals surface area contributed by atoms with Crippen molar-refractivity contribution in [1.82, 2.24) is 4.90 Å². The van der Waals surface area contributed by atoms with Gasteiger partial charge in [0.1, 0.15) is 11.6 Å². The largest absolute Gasteiger partial charge is 0.397 e. The molecule has 35 heavy (non-hydrogen) atoms. The van der Waals surface area contributed by atoms with Gasteiger partial charge in [-0.2, -0.15) is 0 Å². The smallest absolute Gasteiger partial charge is 0.248 e. The molecule has 0 aromatic heterocycles. The predicted molar refractivity (Wildman–Crippen MR) is 134 cm³/mol. The van der Waals surface area contributed by atoms with Gasteiger partial charge in [-0.25, -0.2) is 8.78 Å². The highest BCUT2D eigenvalue weighted by molar-refractivity contribution is 6.03.